The number of thiol groups is 1. The van der Waals surface area contributed by atoms with E-state index in [1.807, 2.05) is 12.1 Å². The van der Waals surface area contributed by atoms with Gasteiger partial charge in [0.15, 0.2) is 0 Å². The molecule has 1 aliphatic rings. The van der Waals surface area contributed by atoms with E-state index in [2.05, 4.69) is 73.7 Å². The topological polar surface area (TPSA) is 12.4 Å². The van der Waals surface area contributed by atoms with E-state index in [-0.39, 0.29) is 0 Å². The van der Waals surface area contributed by atoms with Crippen LogP contribution in [0.2, 0.25) is 0 Å². The monoisotopic (exact) mass is 347 g/mol. The number of para-hydroxylation sites is 1. The average Bonchev–Trinajstić information content (AvgIpc) is 2.63. The van der Waals surface area contributed by atoms with Crippen molar-refractivity contribution in [3.8, 4) is 0 Å². The molecule has 1 heterocycles. The number of rotatable bonds is 2. The number of aliphatic imine (C=N–C) groups is 1. The number of nitrogens with zero attached hydrogens (tertiary/aromatic N) is 1. The molecule has 3 heteroatoms. The Morgan fingerprint density at radius 2 is 1.50 bits per heavy atom. The second-order valence-corrected chi connectivity index (χ2v) is 8.09. The van der Waals surface area contributed by atoms with Crippen molar-refractivity contribution in [2.75, 3.05) is 0 Å². The van der Waals surface area contributed by atoms with Crippen molar-refractivity contribution in [2.24, 2.45) is 4.99 Å². The first-order valence-electron chi connectivity index (χ1n) is 7.89. The Bertz CT molecular complexity index is 901. The molecule has 0 saturated heterocycles. The van der Waals surface area contributed by atoms with Crippen molar-refractivity contribution in [1.29, 1.82) is 0 Å². The zero-order valence-electron chi connectivity index (χ0n) is 13.3. The minimum Gasteiger partial charge on any atom is -0.241 e. The first-order valence-corrected chi connectivity index (χ1v) is 9.15. The standard InChI is InChI=1S/C21H17NS2/c1-15-11-13-16(14-12-15)20-22-19-10-6-5-9-18(19)21(23,24-20)17-7-3-2-4-8-17/h2-14,23H,1H3/t21-/m0/s1. The fourth-order valence-electron chi connectivity index (χ4n) is 2.88. The molecule has 0 bridgehead atoms. The molecule has 1 nitrogen and oxygen atoms in total. The fraction of sp³-hybridized carbons (Fsp3) is 0.0952. The Hall–Kier alpha value is -1.97. The lowest BCUT2D eigenvalue weighted by Gasteiger charge is -2.34. The third-order valence-corrected chi connectivity index (χ3v) is 6.24. The van der Waals surface area contributed by atoms with Gasteiger partial charge >= 0.3 is 0 Å². The molecule has 0 spiro atoms. The van der Waals surface area contributed by atoms with Gasteiger partial charge in [-0.05, 0) is 18.6 Å². The van der Waals surface area contributed by atoms with Crippen LogP contribution in [0.25, 0.3) is 0 Å². The summed E-state index contributed by atoms with van der Waals surface area (Å²) < 4.78 is -0.445. The number of fused-ring (bicyclic) bond motifs is 1. The Balaban J connectivity index is 1.88. The molecule has 1 atom stereocenters. The lowest BCUT2D eigenvalue weighted by Crippen LogP contribution is -2.22. The lowest BCUT2D eigenvalue weighted by atomic mass is 10.0. The summed E-state index contributed by atoms with van der Waals surface area (Å²) in [4.78, 5) is 4.90. The summed E-state index contributed by atoms with van der Waals surface area (Å²) in [6.45, 7) is 2.10. The molecule has 0 fully saturated rings. The van der Waals surface area contributed by atoms with Crippen LogP contribution >= 0.6 is 24.4 Å². The van der Waals surface area contributed by atoms with Gasteiger partial charge in [0.25, 0.3) is 0 Å². The van der Waals surface area contributed by atoms with Crippen LogP contribution in [0.5, 0.6) is 0 Å². The molecule has 0 radical (unpaired) electrons. The third kappa shape index (κ3) is 2.68. The molecule has 0 saturated carbocycles. The molecular weight excluding hydrogens is 330 g/mol. The van der Waals surface area contributed by atoms with E-state index < -0.39 is 4.08 Å². The van der Waals surface area contributed by atoms with Crippen molar-refractivity contribution < 1.29 is 0 Å². The highest BCUT2D eigenvalue weighted by Crippen LogP contribution is 2.53. The van der Waals surface area contributed by atoms with Gasteiger partial charge < -0.3 is 0 Å². The molecule has 3 aromatic carbocycles. The highest BCUT2D eigenvalue weighted by molar-refractivity contribution is 8.22. The number of benzene rings is 3. The Morgan fingerprint density at radius 1 is 0.833 bits per heavy atom. The largest absolute Gasteiger partial charge is 0.241 e. The molecule has 0 unspecified atom stereocenters. The van der Waals surface area contributed by atoms with Gasteiger partial charge in [-0.25, -0.2) is 4.99 Å². The first kappa shape index (κ1) is 15.6. The van der Waals surface area contributed by atoms with Crippen LogP contribution in [0.3, 0.4) is 0 Å². The summed E-state index contributed by atoms with van der Waals surface area (Å²) in [5.74, 6) is 0. The maximum absolute atomic E-state index is 5.13. The van der Waals surface area contributed by atoms with E-state index in [0.717, 1.165) is 21.9 Å². The minimum absolute atomic E-state index is 0.445. The van der Waals surface area contributed by atoms with Gasteiger partial charge in [-0.2, -0.15) is 12.6 Å². The summed E-state index contributed by atoms with van der Waals surface area (Å²) in [6.07, 6.45) is 0. The van der Waals surface area contributed by atoms with Gasteiger partial charge in [0, 0.05) is 11.1 Å². The smallest absolute Gasteiger partial charge is 0.117 e. The highest BCUT2D eigenvalue weighted by atomic mass is 32.2. The number of hydrogen-bond acceptors (Lipinski definition) is 3. The SMILES string of the molecule is Cc1ccc(C2=Nc3ccccc3[C@](S)(c3ccccc3)S2)cc1. The molecule has 0 aromatic heterocycles. The van der Waals surface area contributed by atoms with Crippen LogP contribution in [0.4, 0.5) is 5.69 Å². The van der Waals surface area contributed by atoms with Crippen LogP contribution in [0, 0.1) is 6.92 Å². The first-order chi connectivity index (χ1) is 11.7. The van der Waals surface area contributed by atoms with Crippen molar-refractivity contribution in [3.05, 3.63) is 101 Å². The van der Waals surface area contributed by atoms with Crippen molar-refractivity contribution in [2.45, 2.75) is 11.0 Å². The second-order valence-electron chi connectivity index (χ2n) is 5.91. The van der Waals surface area contributed by atoms with Gasteiger partial charge in [0.1, 0.15) is 9.12 Å². The molecule has 0 N–H and O–H groups in total. The van der Waals surface area contributed by atoms with Crippen LogP contribution in [-0.2, 0) is 4.08 Å². The predicted molar refractivity (Wildman–Crippen MR) is 108 cm³/mol. The summed E-state index contributed by atoms with van der Waals surface area (Å²) in [6, 6.07) is 27.2. The summed E-state index contributed by atoms with van der Waals surface area (Å²) >= 11 is 6.83. The van der Waals surface area contributed by atoms with Gasteiger partial charge in [-0.15, -0.1) is 0 Å². The predicted octanol–water partition coefficient (Wildman–Crippen LogP) is 5.95. The molecule has 24 heavy (non-hydrogen) atoms. The van der Waals surface area contributed by atoms with E-state index in [1.54, 1.807) is 11.8 Å². The van der Waals surface area contributed by atoms with E-state index in [4.69, 9.17) is 17.6 Å². The average molecular weight is 348 g/mol. The van der Waals surface area contributed by atoms with Gasteiger partial charge in [0.05, 0.1) is 5.69 Å². The molecule has 4 rings (SSSR count). The van der Waals surface area contributed by atoms with E-state index >= 15 is 0 Å². The lowest BCUT2D eigenvalue weighted by molar-refractivity contribution is 1.08. The zero-order valence-corrected chi connectivity index (χ0v) is 15.0. The second kappa shape index (κ2) is 6.15. The van der Waals surface area contributed by atoms with Gasteiger partial charge in [-0.1, -0.05) is 90.1 Å². The summed E-state index contributed by atoms with van der Waals surface area (Å²) in [5, 5.41) is 1.01. The Labute approximate surface area is 152 Å². The fourth-order valence-corrected chi connectivity index (χ4v) is 4.69. The van der Waals surface area contributed by atoms with Crippen molar-refractivity contribution in [3.63, 3.8) is 0 Å². The van der Waals surface area contributed by atoms with Crippen LogP contribution in [0.1, 0.15) is 22.3 Å². The van der Waals surface area contributed by atoms with E-state index in [9.17, 15) is 0 Å². The Morgan fingerprint density at radius 3 is 2.25 bits per heavy atom. The maximum Gasteiger partial charge on any atom is 0.117 e. The summed E-state index contributed by atoms with van der Waals surface area (Å²) in [7, 11) is 0. The van der Waals surface area contributed by atoms with Crippen molar-refractivity contribution in [1.82, 2.24) is 0 Å². The minimum atomic E-state index is -0.445. The quantitative estimate of drug-likeness (QED) is 0.565. The molecular formula is C21H17NS2. The molecule has 118 valence electrons. The molecule has 0 amide bonds. The molecule has 0 aliphatic carbocycles. The van der Waals surface area contributed by atoms with Gasteiger partial charge in [0.2, 0.25) is 0 Å². The number of aryl methyl sites for hydroxylation is 1. The zero-order chi connectivity index (χ0) is 16.6. The van der Waals surface area contributed by atoms with Crippen LogP contribution in [0.15, 0.2) is 83.9 Å². The number of hydrogen-bond donors (Lipinski definition) is 1. The van der Waals surface area contributed by atoms with E-state index in [1.165, 1.54) is 11.1 Å². The summed E-state index contributed by atoms with van der Waals surface area (Å²) in [5.41, 5.74) is 5.69. The van der Waals surface area contributed by atoms with Crippen LogP contribution < -0.4 is 0 Å². The van der Waals surface area contributed by atoms with Crippen molar-refractivity contribution >= 4 is 35.1 Å². The normalized spacial score (nSPS) is 19.5. The Kier molecular flexibility index (Phi) is 3.99. The van der Waals surface area contributed by atoms with Gasteiger partial charge in [-0.3, -0.25) is 0 Å². The maximum atomic E-state index is 5.13. The van der Waals surface area contributed by atoms with E-state index in [0.29, 0.717) is 0 Å². The highest BCUT2D eigenvalue weighted by Gasteiger charge is 2.38. The number of thioether (sulfide) groups is 1. The van der Waals surface area contributed by atoms with Crippen LogP contribution in [-0.4, -0.2) is 5.04 Å². The third-order valence-electron chi connectivity index (χ3n) is 4.20. The molecule has 3 aromatic rings. The molecule has 1 aliphatic heterocycles.